The molecule has 248 valence electrons. The number of aromatic nitrogens is 1. The Morgan fingerprint density at radius 3 is 2.38 bits per heavy atom. The summed E-state index contributed by atoms with van der Waals surface area (Å²) in [5.41, 5.74) is 3.04. The molecule has 1 fully saturated rings. The number of rotatable bonds is 9. The van der Waals surface area contributed by atoms with E-state index in [-0.39, 0.29) is 28.5 Å². The van der Waals surface area contributed by atoms with Gasteiger partial charge in [-0.25, -0.2) is 17.2 Å². The van der Waals surface area contributed by atoms with Crippen molar-refractivity contribution in [1.29, 1.82) is 0 Å². The van der Waals surface area contributed by atoms with Crippen LogP contribution in [0.4, 0.5) is 20.2 Å². The van der Waals surface area contributed by atoms with Crippen molar-refractivity contribution in [2.24, 2.45) is 0 Å². The summed E-state index contributed by atoms with van der Waals surface area (Å²) in [6, 6.07) is 19.1. The van der Waals surface area contributed by atoms with Gasteiger partial charge in [0.15, 0.2) is 0 Å². The van der Waals surface area contributed by atoms with E-state index < -0.39 is 35.0 Å². The van der Waals surface area contributed by atoms with Crippen molar-refractivity contribution < 1.29 is 31.2 Å². The smallest absolute Gasteiger partial charge is 0.255 e. The molecule has 2 amide bonds. The molecule has 0 unspecified atom stereocenters. The lowest BCUT2D eigenvalue weighted by molar-refractivity contribution is 0.0746. The fourth-order valence-electron chi connectivity index (χ4n) is 5.98. The molecule has 3 heterocycles. The van der Waals surface area contributed by atoms with Crippen LogP contribution in [0.25, 0.3) is 33.4 Å². The first-order chi connectivity index (χ1) is 23.1. The number of fused-ring (bicyclic) bond motifs is 1. The van der Waals surface area contributed by atoms with E-state index in [1.54, 1.807) is 47.6 Å². The molecule has 2 aromatic heterocycles. The molecular formula is C35H33F2N5O5S. The maximum absolute atomic E-state index is 13.8. The van der Waals surface area contributed by atoms with Crippen molar-refractivity contribution in [2.75, 3.05) is 61.9 Å². The Morgan fingerprint density at radius 2 is 1.73 bits per heavy atom. The summed E-state index contributed by atoms with van der Waals surface area (Å²) in [5.74, 6) is -0.995. The molecule has 1 saturated heterocycles. The van der Waals surface area contributed by atoms with Crippen molar-refractivity contribution in [3.05, 3.63) is 102 Å². The predicted molar refractivity (Wildman–Crippen MR) is 181 cm³/mol. The number of carbonyl (C=O) groups is 2. The standard InChI is InChI=1S/C35H33F2N5O5S/c1-38-34(43)32-29-20-28(24-5-3-6-25(19-24)35(44)41-17-15-40(16-18-41)27-7-4-13-39-22-27)30(42(14-12-36)48(2,45)46)21-31(29)47-33(32)23-8-10-26(37)11-9-23/h3-11,13,19-22H,12,14-18H2,1-2H3,(H,38,43). The third-order valence-corrected chi connectivity index (χ3v) is 9.50. The number of nitrogens with one attached hydrogen (secondary N) is 1. The average molecular weight is 674 g/mol. The molecule has 0 atom stereocenters. The minimum absolute atomic E-state index is 0.111. The van der Waals surface area contributed by atoms with Crippen molar-refractivity contribution in [3.63, 3.8) is 0 Å². The number of piperazine rings is 1. The van der Waals surface area contributed by atoms with Crippen LogP contribution >= 0.6 is 0 Å². The van der Waals surface area contributed by atoms with Crippen LogP contribution in [0.2, 0.25) is 0 Å². The molecule has 6 rings (SSSR count). The number of amides is 2. The minimum Gasteiger partial charge on any atom is -0.455 e. The average Bonchev–Trinajstić information content (AvgIpc) is 3.48. The number of hydrogen-bond acceptors (Lipinski definition) is 7. The molecular weight excluding hydrogens is 640 g/mol. The van der Waals surface area contributed by atoms with Gasteiger partial charge in [0.2, 0.25) is 10.0 Å². The number of halogens is 2. The van der Waals surface area contributed by atoms with Crippen LogP contribution in [0.3, 0.4) is 0 Å². The highest BCUT2D eigenvalue weighted by atomic mass is 32.2. The molecule has 10 nitrogen and oxygen atoms in total. The first kappa shape index (κ1) is 32.6. The van der Waals surface area contributed by atoms with Crippen LogP contribution in [-0.2, 0) is 10.0 Å². The summed E-state index contributed by atoms with van der Waals surface area (Å²) in [6.45, 7) is 0.809. The number of benzene rings is 3. The van der Waals surface area contributed by atoms with Gasteiger partial charge in [0.1, 0.15) is 23.8 Å². The van der Waals surface area contributed by atoms with Gasteiger partial charge in [-0.15, -0.1) is 0 Å². The summed E-state index contributed by atoms with van der Waals surface area (Å²) in [5, 5.41) is 2.96. The van der Waals surface area contributed by atoms with Crippen LogP contribution in [0.5, 0.6) is 0 Å². The van der Waals surface area contributed by atoms with Gasteiger partial charge in [-0.2, -0.15) is 0 Å². The second kappa shape index (κ2) is 13.4. The molecule has 0 spiro atoms. The molecule has 3 aromatic carbocycles. The number of pyridine rings is 1. The number of carbonyl (C=O) groups excluding carboxylic acids is 2. The van der Waals surface area contributed by atoms with Gasteiger partial charge >= 0.3 is 0 Å². The van der Waals surface area contributed by atoms with Gasteiger partial charge in [-0.3, -0.25) is 18.9 Å². The van der Waals surface area contributed by atoms with Crippen LogP contribution in [0.15, 0.2) is 89.6 Å². The van der Waals surface area contributed by atoms with E-state index in [4.69, 9.17) is 4.42 Å². The number of anilines is 2. The van der Waals surface area contributed by atoms with Crippen molar-refractivity contribution in [3.8, 4) is 22.5 Å². The maximum atomic E-state index is 13.8. The molecule has 0 saturated carbocycles. The molecule has 1 aliphatic heterocycles. The topological polar surface area (TPSA) is 116 Å². The van der Waals surface area contributed by atoms with E-state index in [1.165, 1.54) is 37.4 Å². The van der Waals surface area contributed by atoms with Gasteiger partial charge in [-0.05, 0) is 60.2 Å². The summed E-state index contributed by atoms with van der Waals surface area (Å²) >= 11 is 0. The highest BCUT2D eigenvalue weighted by molar-refractivity contribution is 7.92. The van der Waals surface area contributed by atoms with E-state index >= 15 is 0 Å². The Kier molecular flexibility index (Phi) is 9.13. The Morgan fingerprint density at radius 1 is 0.979 bits per heavy atom. The van der Waals surface area contributed by atoms with Crippen molar-refractivity contribution in [2.45, 2.75) is 0 Å². The van der Waals surface area contributed by atoms with E-state index in [0.29, 0.717) is 53.8 Å². The number of sulfonamides is 1. The normalized spacial score (nSPS) is 13.5. The number of hydrogen-bond donors (Lipinski definition) is 1. The van der Waals surface area contributed by atoms with Crippen LogP contribution in [0, 0.1) is 5.82 Å². The Hall–Kier alpha value is -5.30. The second-order valence-electron chi connectivity index (χ2n) is 11.4. The molecule has 0 bridgehead atoms. The largest absolute Gasteiger partial charge is 0.455 e. The van der Waals surface area contributed by atoms with Crippen LogP contribution in [-0.4, -0.2) is 82.8 Å². The summed E-state index contributed by atoms with van der Waals surface area (Å²) in [7, 11) is -2.52. The maximum Gasteiger partial charge on any atom is 0.255 e. The van der Waals surface area contributed by atoms with Crippen molar-refractivity contribution >= 4 is 44.2 Å². The Balaban J connectivity index is 1.45. The van der Waals surface area contributed by atoms with Gasteiger partial charge in [-0.1, -0.05) is 12.1 Å². The second-order valence-corrected chi connectivity index (χ2v) is 13.3. The zero-order valence-corrected chi connectivity index (χ0v) is 27.1. The van der Waals surface area contributed by atoms with E-state index in [0.717, 1.165) is 16.2 Å². The number of nitrogens with zero attached hydrogens (tertiary/aromatic N) is 4. The highest BCUT2D eigenvalue weighted by Gasteiger charge is 2.28. The van der Waals surface area contributed by atoms with E-state index in [9.17, 15) is 26.8 Å². The highest BCUT2D eigenvalue weighted by Crippen LogP contribution is 2.42. The first-order valence-electron chi connectivity index (χ1n) is 15.3. The third-order valence-electron chi connectivity index (χ3n) is 8.32. The van der Waals surface area contributed by atoms with Gasteiger partial charge in [0.25, 0.3) is 11.8 Å². The molecule has 13 heteroatoms. The molecule has 0 radical (unpaired) electrons. The van der Waals surface area contributed by atoms with Gasteiger partial charge < -0.3 is 19.5 Å². The summed E-state index contributed by atoms with van der Waals surface area (Å²) in [6.07, 6.45) is 4.47. The lowest BCUT2D eigenvalue weighted by Crippen LogP contribution is -2.48. The minimum atomic E-state index is -3.99. The molecule has 1 N–H and O–H groups in total. The van der Waals surface area contributed by atoms with Crippen molar-refractivity contribution in [1.82, 2.24) is 15.2 Å². The third kappa shape index (κ3) is 6.45. The van der Waals surface area contributed by atoms with E-state index in [2.05, 4.69) is 15.2 Å². The van der Waals surface area contributed by atoms with Crippen LogP contribution in [0.1, 0.15) is 20.7 Å². The monoisotopic (exact) mass is 673 g/mol. The Labute approximate surface area is 276 Å². The molecule has 0 aliphatic carbocycles. The zero-order valence-electron chi connectivity index (χ0n) is 26.3. The fourth-order valence-corrected chi connectivity index (χ4v) is 6.89. The van der Waals surface area contributed by atoms with Crippen LogP contribution < -0.4 is 14.5 Å². The molecule has 5 aromatic rings. The lowest BCUT2D eigenvalue weighted by atomic mass is 9.97. The fraction of sp³-hybridized carbons (Fsp3) is 0.229. The van der Waals surface area contributed by atoms with Gasteiger partial charge in [0, 0.05) is 67.6 Å². The molecule has 1 aliphatic rings. The number of furan rings is 1. The predicted octanol–water partition coefficient (Wildman–Crippen LogP) is 5.36. The summed E-state index contributed by atoms with van der Waals surface area (Å²) < 4.78 is 60.6. The van der Waals surface area contributed by atoms with Gasteiger partial charge in [0.05, 0.1) is 35.9 Å². The summed E-state index contributed by atoms with van der Waals surface area (Å²) in [4.78, 5) is 35.1. The zero-order chi connectivity index (χ0) is 34.0. The number of alkyl halides is 1. The quantitative estimate of drug-likeness (QED) is 0.224. The lowest BCUT2D eigenvalue weighted by Gasteiger charge is -2.36. The van der Waals surface area contributed by atoms with E-state index in [1.807, 2.05) is 12.1 Å². The SMILES string of the molecule is CNC(=O)c1c(-c2ccc(F)cc2)oc2cc(N(CCF)S(C)(=O)=O)c(-c3cccc(C(=O)N4CCN(c5cccnc5)CC4)c3)cc12. The molecule has 48 heavy (non-hydrogen) atoms. The Bertz CT molecular complexity index is 2080. The first-order valence-corrected chi connectivity index (χ1v) is 17.1.